The van der Waals surface area contributed by atoms with Crippen molar-refractivity contribution in [1.82, 2.24) is 10.3 Å². The van der Waals surface area contributed by atoms with E-state index in [4.69, 9.17) is 0 Å². The van der Waals surface area contributed by atoms with E-state index in [-0.39, 0.29) is 29.9 Å². The van der Waals surface area contributed by atoms with Gasteiger partial charge in [-0.15, -0.1) is 0 Å². The molecule has 1 aliphatic heterocycles. The third kappa shape index (κ3) is 3.52. The lowest BCUT2D eigenvalue weighted by Crippen LogP contribution is -2.36. The zero-order valence-electron chi connectivity index (χ0n) is 9.30. The highest BCUT2D eigenvalue weighted by molar-refractivity contribution is 7.91. The SMILES string of the molecule is O=C(Cc1cccnc1)NC1CCS(=O)(=O)C1. The molecule has 0 aromatic carbocycles. The van der Waals surface area contributed by atoms with E-state index >= 15 is 0 Å². The number of nitrogens with zero attached hydrogens (tertiary/aromatic N) is 1. The number of rotatable bonds is 3. The van der Waals surface area contributed by atoms with E-state index in [1.54, 1.807) is 18.5 Å². The maximum absolute atomic E-state index is 11.6. The molecule has 6 heteroatoms. The molecule has 1 aromatic rings. The summed E-state index contributed by atoms with van der Waals surface area (Å²) < 4.78 is 22.4. The van der Waals surface area contributed by atoms with Crippen molar-refractivity contribution in [3.63, 3.8) is 0 Å². The molecule has 1 aliphatic rings. The molecular formula is C11H14N2O3S. The van der Waals surface area contributed by atoms with Gasteiger partial charge in [0.1, 0.15) is 0 Å². The molecular weight excluding hydrogens is 240 g/mol. The summed E-state index contributed by atoms with van der Waals surface area (Å²) >= 11 is 0. The lowest BCUT2D eigenvalue weighted by atomic mass is 10.2. The summed E-state index contributed by atoms with van der Waals surface area (Å²) in [4.78, 5) is 15.6. The average molecular weight is 254 g/mol. The summed E-state index contributed by atoms with van der Waals surface area (Å²) in [7, 11) is -2.94. The molecule has 1 saturated heterocycles. The van der Waals surface area contributed by atoms with Crippen LogP contribution in [0.2, 0.25) is 0 Å². The third-order valence-electron chi connectivity index (χ3n) is 2.69. The van der Waals surface area contributed by atoms with Gasteiger partial charge in [0, 0.05) is 18.4 Å². The van der Waals surface area contributed by atoms with E-state index < -0.39 is 9.84 Å². The van der Waals surface area contributed by atoms with E-state index in [9.17, 15) is 13.2 Å². The van der Waals surface area contributed by atoms with E-state index in [1.165, 1.54) is 0 Å². The number of hydrogen-bond donors (Lipinski definition) is 1. The predicted octanol–water partition coefficient (Wildman–Crippen LogP) is -0.0726. The number of hydrogen-bond acceptors (Lipinski definition) is 4. The number of amides is 1. The molecule has 2 rings (SSSR count). The van der Waals surface area contributed by atoms with Crippen molar-refractivity contribution in [3.8, 4) is 0 Å². The number of carbonyl (C=O) groups is 1. The Labute approximate surface area is 100 Å². The zero-order valence-corrected chi connectivity index (χ0v) is 10.1. The molecule has 0 bridgehead atoms. The quantitative estimate of drug-likeness (QED) is 0.819. The fourth-order valence-electron chi connectivity index (χ4n) is 1.88. The highest BCUT2D eigenvalue weighted by Crippen LogP contribution is 2.11. The molecule has 0 spiro atoms. The maximum Gasteiger partial charge on any atom is 0.224 e. The molecule has 1 atom stereocenters. The Hall–Kier alpha value is -1.43. The first-order chi connectivity index (χ1) is 8.05. The van der Waals surface area contributed by atoms with Crippen molar-refractivity contribution in [2.45, 2.75) is 18.9 Å². The van der Waals surface area contributed by atoms with Gasteiger partial charge in [-0.2, -0.15) is 0 Å². The molecule has 0 radical (unpaired) electrons. The Morgan fingerprint density at radius 2 is 2.35 bits per heavy atom. The Bertz CT molecular complexity index is 499. The van der Waals surface area contributed by atoms with Crippen LogP contribution in [0.15, 0.2) is 24.5 Å². The van der Waals surface area contributed by atoms with Crippen LogP contribution in [-0.2, 0) is 21.1 Å². The standard InChI is InChI=1S/C11H14N2O3S/c14-11(6-9-2-1-4-12-7-9)13-10-3-5-17(15,16)8-10/h1-2,4,7,10H,3,5-6,8H2,(H,13,14). The van der Waals surface area contributed by atoms with Crippen molar-refractivity contribution >= 4 is 15.7 Å². The molecule has 5 nitrogen and oxygen atoms in total. The second-order valence-corrected chi connectivity index (χ2v) is 6.43. The van der Waals surface area contributed by atoms with Gasteiger partial charge in [-0.3, -0.25) is 9.78 Å². The summed E-state index contributed by atoms with van der Waals surface area (Å²) in [6.07, 6.45) is 4.03. The van der Waals surface area contributed by atoms with Crippen LogP contribution in [0.1, 0.15) is 12.0 Å². The normalized spacial score (nSPS) is 22.2. The van der Waals surface area contributed by atoms with Crippen LogP contribution < -0.4 is 5.32 Å². The Morgan fingerprint density at radius 1 is 1.53 bits per heavy atom. The number of carbonyl (C=O) groups excluding carboxylic acids is 1. The van der Waals surface area contributed by atoms with Crippen LogP contribution in [0.5, 0.6) is 0 Å². The van der Waals surface area contributed by atoms with Gasteiger partial charge in [-0.05, 0) is 18.1 Å². The number of nitrogens with one attached hydrogen (secondary N) is 1. The fraction of sp³-hybridized carbons (Fsp3) is 0.455. The van der Waals surface area contributed by atoms with E-state index in [0.717, 1.165) is 5.56 Å². The van der Waals surface area contributed by atoms with Crippen LogP contribution in [0.4, 0.5) is 0 Å². The van der Waals surface area contributed by atoms with Crippen LogP contribution in [0.25, 0.3) is 0 Å². The van der Waals surface area contributed by atoms with Gasteiger partial charge < -0.3 is 5.32 Å². The molecule has 1 amide bonds. The summed E-state index contributed by atoms with van der Waals surface area (Å²) in [5.74, 6) is 0.0801. The third-order valence-corrected chi connectivity index (χ3v) is 4.45. The zero-order chi connectivity index (χ0) is 12.3. The van der Waals surface area contributed by atoms with Gasteiger partial charge in [-0.25, -0.2) is 8.42 Å². The van der Waals surface area contributed by atoms with Gasteiger partial charge >= 0.3 is 0 Å². The van der Waals surface area contributed by atoms with Gasteiger partial charge in [0.2, 0.25) is 5.91 Å². The molecule has 0 aliphatic carbocycles. The summed E-state index contributed by atoms with van der Waals surface area (Å²) in [6, 6.07) is 3.35. The van der Waals surface area contributed by atoms with Crippen molar-refractivity contribution in [1.29, 1.82) is 0 Å². The van der Waals surface area contributed by atoms with Crippen molar-refractivity contribution in [2.24, 2.45) is 0 Å². The van der Waals surface area contributed by atoms with Gasteiger partial charge in [-0.1, -0.05) is 6.07 Å². The van der Waals surface area contributed by atoms with Crippen molar-refractivity contribution < 1.29 is 13.2 Å². The monoisotopic (exact) mass is 254 g/mol. The van der Waals surface area contributed by atoms with Crippen LogP contribution in [0, 0.1) is 0 Å². The molecule has 17 heavy (non-hydrogen) atoms. The minimum absolute atomic E-state index is 0.0613. The predicted molar refractivity (Wildman–Crippen MR) is 63.1 cm³/mol. The lowest BCUT2D eigenvalue weighted by molar-refractivity contribution is -0.121. The van der Waals surface area contributed by atoms with Crippen molar-refractivity contribution in [3.05, 3.63) is 30.1 Å². The van der Waals surface area contributed by atoms with Crippen LogP contribution in [-0.4, -0.2) is 36.9 Å². The molecule has 1 aromatic heterocycles. The minimum Gasteiger partial charge on any atom is -0.352 e. The first-order valence-corrected chi connectivity index (χ1v) is 7.26. The summed E-state index contributed by atoms with van der Waals surface area (Å²) in [5, 5.41) is 2.74. The van der Waals surface area contributed by atoms with Crippen LogP contribution in [0.3, 0.4) is 0 Å². The molecule has 1 fully saturated rings. The molecule has 92 valence electrons. The molecule has 0 saturated carbocycles. The highest BCUT2D eigenvalue weighted by Gasteiger charge is 2.28. The second-order valence-electron chi connectivity index (χ2n) is 4.21. The second kappa shape index (κ2) is 4.83. The minimum atomic E-state index is -2.94. The molecule has 2 heterocycles. The largest absolute Gasteiger partial charge is 0.352 e. The summed E-state index contributed by atoms with van der Waals surface area (Å²) in [6.45, 7) is 0. The fourth-order valence-corrected chi connectivity index (χ4v) is 3.55. The highest BCUT2D eigenvalue weighted by atomic mass is 32.2. The van der Waals surface area contributed by atoms with E-state index in [0.29, 0.717) is 6.42 Å². The average Bonchev–Trinajstić information content (AvgIpc) is 2.59. The van der Waals surface area contributed by atoms with E-state index in [2.05, 4.69) is 10.3 Å². The molecule has 1 N–H and O–H groups in total. The van der Waals surface area contributed by atoms with Gasteiger partial charge in [0.15, 0.2) is 9.84 Å². The number of aromatic nitrogens is 1. The van der Waals surface area contributed by atoms with Crippen LogP contribution >= 0.6 is 0 Å². The summed E-state index contributed by atoms with van der Waals surface area (Å²) in [5.41, 5.74) is 0.825. The maximum atomic E-state index is 11.6. The van der Waals surface area contributed by atoms with Gasteiger partial charge in [0.05, 0.1) is 17.9 Å². The Morgan fingerprint density at radius 3 is 2.94 bits per heavy atom. The number of pyridine rings is 1. The van der Waals surface area contributed by atoms with E-state index in [1.807, 2.05) is 6.07 Å². The van der Waals surface area contributed by atoms with Gasteiger partial charge in [0.25, 0.3) is 0 Å². The first-order valence-electron chi connectivity index (χ1n) is 5.44. The molecule has 1 unspecified atom stereocenters. The lowest BCUT2D eigenvalue weighted by Gasteiger charge is -2.10. The smallest absolute Gasteiger partial charge is 0.224 e. The van der Waals surface area contributed by atoms with Crippen molar-refractivity contribution in [2.75, 3.05) is 11.5 Å². The first kappa shape index (κ1) is 12.0. The Kier molecular flexibility index (Phi) is 3.42. The topological polar surface area (TPSA) is 76.1 Å². The Balaban J connectivity index is 1.87. The number of sulfone groups is 1.